The van der Waals surface area contributed by atoms with E-state index in [1.54, 1.807) is 11.8 Å². The summed E-state index contributed by atoms with van der Waals surface area (Å²) in [6.45, 7) is 5.20. The van der Waals surface area contributed by atoms with Crippen LogP contribution in [0.5, 0.6) is 5.75 Å². The van der Waals surface area contributed by atoms with Gasteiger partial charge in [-0.1, -0.05) is 17.3 Å². The average Bonchev–Trinajstić information content (AvgIpc) is 3.10. The number of piperazine rings is 1. The number of methoxy groups -OCH3 is 1. The van der Waals surface area contributed by atoms with Gasteiger partial charge in [-0.2, -0.15) is 0 Å². The third-order valence-corrected chi connectivity index (χ3v) is 4.20. The smallest absolute Gasteiger partial charge is 0.358 e. The highest BCUT2D eigenvalue weighted by Gasteiger charge is 2.19. The number of carboxylic acid groups (broad SMARTS) is 1. The summed E-state index contributed by atoms with van der Waals surface area (Å²) in [4.78, 5) is 15.5. The molecular formula is C16H21N5O3. The lowest BCUT2D eigenvalue weighted by Gasteiger charge is -2.36. The zero-order valence-electron chi connectivity index (χ0n) is 13.6. The van der Waals surface area contributed by atoms with Crippen molar-refractivity contribution in [2.45, 2.75) is 6.54 Å². The predicted molar refractivity (Wildman–Crippen MR) is 88.6 cm³/mol. The topological polar surface area (TPSA) is 83.7 Å². The Hall–Kier alpha value is -2.61. The molecule has 1 N–H and O–H groups in total. The number of carboxylic acids is 1. The molecule has 0 aliphatic carbocycles. The lowest BCUT2D eigenvalue weighted by atomic mass is 10.2. The Bertz CT molecular complexity index is 695. The normalized spacial score (nSPS) is 15.5. The number of carbonyl (C=O) groups is 1. The maximum absolute atomic E-state index is 10.8. The number of hydrogen-bond donors (Lipinski definition) is 1. The molecule has 0 radical (unpaired) electrons. The summed E-state index contributed by atoms with van der Waals surface area (Å²) in [7, 11) is 1.69. The van der Waals surface area contributed by atoms with Crippen molar-refractivity contribution >= 4 is 11.7 Å². The molecule has 1 aromatic heterocycles. The minimum atomic E-state index is -1.05. The van der Waals surface area contributed by atoms with Gasteiger partial charge < -0.3 is 14.7 Å². The maximum Gasteiger partial charge on any atom is 0.358 e. The number of anilines is 1. The summed E-state index contributed by atoms with van der Waals surface area (Å²) in [5.41, 5.74) is 1.11. The van der Waals surface area contributed by atoms with Gasteiger partial charge in [0.25, 0.3) is 0 Å². The number of aromatic nitrogens is 3. The zero-order valence-corrected chi connectivity index (χ0v) is 13.6. The molecule has 2 heterocycles. The van der Waals surface area contributed by atoms with Crippen molar-refractivity contribution < 1.29 is 14.6 Å². The maximum atomic E-state index is 10.8. The number of para-hydroxylation sites is 2. The minimum Gasteiger partial charge on any atom is -0.495 e. The summed E-state index contributed by atoms with van der Waals surface area (Å²) in [5.74, 6) is -0.151. The van der Waals surface area contributed by atoms with Gasteiger partial charge in [-0.15, -0.1) is 5.10 Å². The van der Waals surface area contributed by atoms with E-state index in [9.17, 15) is 4.79 Å². The summed E-state index contributed by atoms with van der Waals surface area (Å²) in [5, 5.41) is 16.3. The minimum absolute atomic E-state index is 0.0176. The van der Waals surface area contributed by atoms with Crippen LogP contribution in [0, 0.1) is 0 Å². The number of hydrogen-bond acceptors (Lipinski definition) is 6. The SMILES string of the molecule is COc1ccccc1N1CCN(CCn2cc(C(=O)O)nn2)CC1. The van der Waals surface area contributed by atoms with Crippen LogP contribution in [0.2, 0.25) is 0 Å². The van der Waals surface area contributed by atoms with Crippen LogP contribution < -0.4 is 9.64 Å². The lowest BCUT2D eigenvalue weighted by molar-refractivity contribution is 0.0690. The largest absolute Gasteiger partial charge is 0.495 e. The molecule has 0 spiro atoms. The van der Waals surface area contributed by atoms with Gasteiger partial charge in [-0.25, -0.2) is 4.79 Å². The molecule has 0 saturated carbocycles. The molecule has 8 nitrogen and oxygen atoms in total. The average molecular weight is 331 g/mol. The summed E-state index contributed by atoms with van der Waals surface area (Å²) in [6, 6.07) is 8.06. The fourth-order valence-corrected chi connectivity index (χ4v) is 2.85. The Morgan fingerprint density at radius 2 is 1.96 bits per heavy atom. The summed E-state index contributed by atoms with van der Waals surface area (Å²) >= 11 is 0. The monoisotopic (exact) mass is 331 g/mol. The van der Waals surface area contributed by atoms with Crippen molar-refractivity contribution in [3.05, 3.63) is 36.2 Å². The molecular weight excluding hydrogens is 310 g/mol. The van der Waals surface area contributed by atoms with Gasteiger partial charge in [0.15, 0.2) is 5.69 Å². The number of nitrogens with zero attached hydrogens (tertiary/aromatic N) is 5. The van der Waals surface area contributed by atoms with E-state index in [4.69, 9.17) is 9.84 Å². The van der Waals surface area contributed by atoms with Crippen LogP contribution in [0.3, 0.4) is 0 Å². The molecule has 1 aliphatic rings. The highest BCUT2D eigenvalue weighted by Crippen LogP contribution is 2.28. The second-order valence-corrected chi connectivity index (χ2v) is 5.67. The first-order valence-electron chi connectivity index (χ1n) is 7.91. The van der Waals surface area contributed by atoms with E-state index in [-0.39, 0.29) is 5.69 Å². The first-order chi connectivity index (χ1) is 11.7. The molecule has 0 amide bonds. The molecule has 24 heavy (non-hydrogen) atoms. The van der Waals surface area contributed by atoms with E-state index < -0.39 is 5.97 Å². The van der Waals surface area contributed by atoms with Crippen LogP contribution in [0.15, 0.2) is 30.5 Å². The first-order valence-corrected chi connectivity index (χ1v) is 7.91. The Morgan fingerprint density at radius 3 is 2.62 bits per heavy atom. The van der Waals surface area contributed by atoms with E-state index >= 15 is 0 Å². The van der Waals surface area contributed by atoms with Gasteiger partial charge in [0.2, 0.25) is 0 Å². The second-order valence-electron chi connectivity index (χ2n) is 5.67. The fourth-order valence-electron chi connectivity index (χ4n) is 2.85. The quantitative estimate of drug-likeness (QED) is 0.838. The molecule has 1 saturated heterocycles. The molecule has 128 valence electrons. The van der Waals surface area contributed by atoms with E-state index in [2.05, 4.69) is 26.2 Å². The van der Waals surface area contributed by atoms with Crippen molar-refractivity contribution in [1.29, 1.82) is 0 Å². The van der Waals surface area contributed by atoms with Crippen molar-refractivity contribution in [3.8, 4) is 5.75 Å². The van der Waals surface area contributed by atoms with Gasteiger partial charge in [0, 0.05) is 32.7 Å². The van der Waals surface area contributed by atoms with Gasteiger partial charge in [-0.3, -0.25) is 9.58 Å². The van der Waals surface area contributed by atoms with E-state index in [0.717, 1.165) is 44.2 Å². The molecule has 8 heteroatoms. The third-order valence-electron chi connectivity index (χ3n) is 4.20. The Morgan fingerprint density at radius 1 is 1.21 bits per heavy atom. The van der Waals surface area contributed by atoms with Crippen LogP contribution in [-0.4, -0.2) is 70.8 Å². The van der Waals surface area contributed by atoms with Crippen LogP contribution in [-0.2, 0) is 6.54 Å². The van der Waals surface area contributed by atoms with Crippen LogP contribution in [0.4, 0.5) is 5.69 Å². The number of benzene rings is 1. The van der Waals surface area contributed by atoms with Gasteiger partial charge in [0.05, 0.1) is 25.5 Å². The summed E-state index contributed by atoms with van der Waals surface area (Å²) in [6.07, 6.45) is 1.47. The Labute approximate surface area is 140 Å². The van der Waals surface area contributed by atoms with Crippen molar-refractivity contribution in [2.75, 3.05) is 44.7 Å². The number of aromatic carboxylic acids is 1. The molecule has 0 bridgehead atoms. The van der Waals surface area contributed by atoms with E-state index in [1.165, 1.54) is 6.20 Å². The fraction of sp³-hybridized carbons (Fsp3) is 0.438. The van der Waals surface area contributed by atoms with E-state index in [0.29, 0.717) is 6.54 Å². The third kappa shape index (κ3) is 3.65. The Kier molecular flexibility index (Phi) is 4.95. The molecule has 1 aliphatic heterocycles. The second kappa shape index (κ2) is 7.31. The molecule has 0 unspecified atom stereocenters. The van der Waals surface area contributed by atoms with E-state index in [1.807, 2.05) is 18.2 Å². The standard InChI is InChI=1S/C16H21N5O3/c1-24-15-5-3-2-4-14(15)20-9-6-19(7-10-20)8-11-21-12-13(16(22)23)17-18-21/h2-5,12H,6-11H2,1H3,(H,22,23). The highest BCUT2D eigenvalue weighted by molar-refractivity contribution is 5.84. The highest BCUT2D eigenvalue weighted by atomic mass is 16.5. The molecule has 1 fully saturated rings. The van der Waals surface area contributed by atoms with Gasteiger partial charge >= 0.3 is 5.97 Å². The molecule has 1 aromatic carbocycles. The van der Waals surface area contributed by atoms with Crippen LogP contribution in [0.25, 0.3) is 0 Å². The van der Waals surface area contributed by atoms with Crippen molar-refractivity contribution in [2.24, 2.45) is 0 Å². The first kappa shape index (κ1) is 16.3. The van der Waals surface area contributed by atoms with Crippen LogP contribution >= 0.6 is 0 Å². The van der Waals surface area contributed by atoms with Crippen molar-refractivity contribution in [3.63, 3.8) is 0 Å². The van der Waals surface area contributed by atoms with Crippen molar-refractivity contribution in [1.82, 2.24) is 19.9 Å². The van der Waals surface area contributed by atoms with Crippen LogP contribution in [0.1, 0.15) is 10.5 Å². The molecule has 2 aromatic rings. The predicted octanol–water partition coefficient (Wildman–Crippen LogP) is 0.807. The molecule has 3 rings (SSSR count). The molecule has 0 atom stereocenters. The van der Waals surface area contributed by atoms with Gasteiger partial charge in [-0.05, 0) is 12.1 Å². The summed E-state index contributed by atoms with van der Waals surface area (Å²) < 4.78 is 7.01. The van der Waals surface area contributed by atoms with Gasteiger partial charge in [0.1, 0.15) is 5.75 Å². The zero-order chi connectivity index (χ0) is 16.9. The number of ether oxygens (including phenoxy) is 1. The lowest BCUT2D eigenvalue weighted by Crippen LogP contribution is -2.47. The number of rotatable bonds is 6. The Balaban J connectivity index is 1.50.